The highest BCUT2D eigenvalue weighted by atomic mass is 16.4. The van der Waals surface area contributed by atoms with Crippen molar-refractivity contribution in [3.05, 3.63) is 139 Å². The highest BCUT2D eigenvalue weighted by Gasteiger charge is 2.12. The highest BCUT2D eigenvalue weighted by Crippen LogP contribution is 2.35. The van der Waals surface area contributed by atoms with Crippen LogP contribution in [0.25, 0.3) is 28.5 Å². The van der Waals surface area contributed by atoms with E-state index in [2.05, 4.69) is 70.5 Å². The van der Waals surface area contributed by atoms with Gasteiger partial charge >= 0.3 is 5.97 Å². The Morgan fingerprint density at radius 1 is 0.684 bits per heavy atom. The topological polar surface area (TPSA) is 77.2 Å². The molecule has 182 valence electrons. The van der Waals surface area contributed by atoms with Crippen molar-refractivity contribution in [3.63, 3.8) is 0 Å². The van der Waals surface area contributed by atoms with Crippen molar-refractivity contribution in [2.75, 3.05) is 4.90 Å². The molecule has 0 fully saturated rings. The van der Waals surface area contributed by atoms with Crippen LogP contribution in [0.1, 0.15) is 5.56 Å². The molecule has 1 heterocycles. The van der Waals surface area contributed by atoms with Crippen molar-refractivity contribution in [2.45, 2.75) is 0 Å². The van der Waals surface area contributed by atoms with Gasteiger partial charge in [0.1, 0.15) is 11.6 Å². The largest absolute Gasteiger partial charge is 0.477 e. The Morgan fingerprint density at radius 2 is 1.18 bits per heavy atom. The van der Waals surface area contributed by atoms with E-state index in [1.807, 2.05) is 54.6 Å². The van der Waals surface area contributed by atoms with Gasteiger partial charge in [-0.1, -0.05) is 78.9 Å². The standard InChI is InChI=1S/C33H23N3O2/c34-22-28(33(37)38)21-24-11-20-32(35-23-24)27-14-12-25(13-15-27)26-16-18-31(19-17-26)36(29-7-3-1-4-8-29)30-9-5-2-6-10-30/h1-21,23H,(H,37,38)/b28-21+. The molecule has 1 N–H and O–H groups in total. The summed E-state index contributed by atoms with van der Waals surface area (Å²) in [6, 6.07) is 42.5. The zero-order chi connectivity index (χ0) is 26.3. The van der Waals surface area contributed by atoms with Crippen LogP contribution in [0.2, 0.25) is 0 Å². The van der Waals surface area contributed by atoms with Crippen molar-refractivity contribution in [1.29, 1.82) is 5.26 Å². The zero-order valence-corrected chi connectivity index (χ0v) is 20.4. The molecule has 1 aromatic heterocycles. The van der Waals surface area contributed by atoms with Gasteiger partial charge in [0, 0.05) is 28.8 Å². The van der Waals surface area contributed by atoms with Crippen LogP contribution in [-0.2, 0) is 4.79 Å². The number of hydrogen-bond acceptors (Lipinski definition) is 4. The van der Waals surface area contributed by atoms with E-state index >= 15 is 0 Å². The maximum absolute atomic E-state index is 11.0. The number of carboxylic acids is 1. The van der Waals surface area contributed by atoms with Gasteiger partial charge < -0.3 is 10.0 Å². The lowest BCUT2D eigenvalue weighted by Crippen LogP contribution is -2.09. The molecule has 0 atom stereocenters. The summed E-state index contributed by atoms with van der Waals surface area (Å²) in [5.74, 6) is -1.26. The van der Waals surface area contributed by atoms with E-state index in [1.54, 1.807) is 18.3 Å². The molecule has 0 aliphatic rings. The Kier molecular flexibility index (Phi) is 7.06. The first-order valence-corrected chi connectivity index (χ1v) is 12.0. The van der Waals surface area contributed by atoms with Crippen LogP contribution in [0.15, 0.2) is 133 Å². The molecule has 5 aromatic rings. The lowest BCUT2D eigenvalue weighted by Gasteiger charge is -2.25. The van der Waals surface area contributed by atoms with Crippen LogP contribution in [0.4, 0.5) is 17.1 Å². The molecular weight excluding hydrogens is 470 g/mol. The molecule has 0 radical (unpaired) electrons. The minimum atomic E-state index is -1.26. The molecular formula is C33H23N3O2. The highest BCUT2D eigenvalue weighted by molar-refractivity contribution is 5.96. The van der Waals surface area contributed by atoms with E-state index in [0.717, 1.165) is 39.4 Å². The van der Waals surface area contributed by atoms with Gasteiger partial charge in [-0.25, -0.2) is 4.79 Å². The summed E-state index contributed by atoms with van der Waals surface area (Å²) in [5.41, 5.74) is 7.39. The summed E-state index contributed by atoms with van der Waals surface area (Å²) in [4.78, 5) is 17.7. The second kappa shape index (κ2) is 11.1. The molecule has 5 nitrogen and oxygen atoms in total. The fraction of sp³-hybridized carbons (Fsp3) is 0. The predicted octanol–water partition coefficient (Wildman–Crippen LogP) is 7.88. The summed E-state index contributed by atoms with van der Waals surface area (Å²) in [6.45, 7) is 0. The summed E-state index contributed by atoms with van der Waals surface area (Å²) >= 11 is 0. The summed E-state index contributed by atoms with van der Waals surface area (Å²) in [7, 11) is 0. The third-order valence-electron chi connectivity index (χ3n) is 6.12. The average molecular weight is 494 g/mol. The second-order valence-corrected chi connectivity index (χ2v) is 8.58. The smallest absolute Gasteiger partial charge is 0.346 e. The molecule has 0 saturated heterocycles. The van der Waals surface area contributed by atoms with Gasteiger partial charge in [-0.2, -0.15) is 5.26 Å². The van der Waals surface area contributed by atoms with Gasteiger partial charge in [0.2, 0.25) is 0 Å². The number of rotatable bonds is 7. The molecule has 0 unspecified atom stereocenters. The first-order chi connectivity index (χ1) is 18.6. The van der Waals surface area contributed by atoms with E-state index in [9.17, 15) is 4.79 Å². The third-order valence-corrected chi connectivity index (χ3v) is 6.12. The molecule has 0 aliphatic carbocycles. The van der Waals surface area contributed by atoms with Gasteiger partial charge in [0.05, 0.1) is 5.69 Å². The van der Waals surface area contributed by atoms with E-state index in [-0.39, 0.29) is 5.57 Å². The molecule has 4 aromatic carbocycles. The fourth-order valence-corrected chi connectivity index (χ4v) is 4.21. The molecule has 0 spiro atoms. The van der Waals surface area contributed by atoms with Crippen LogP contribution < -0.4 is 4.90 Å². The van der Waals surface area contributed by atoms with Gasteiger partial charge in [0.15, 0.2) is 0 Å². The fourth-order valence-electron chi connectivity index (χ4n) is 4.21. The van der Waals surface area contributed by atoms with Gasteiger partial charge in [-0.3, -0.25) is 4.98 Å². The maximum atomic E-state index is 11.0. The minimum absolute atomic E-state index is 0.328. The zero-order valence-electron chi connectivity index (χ0n) is 20.4. The molecule has 0 amide bonds. The van der Waals surface area contributed by atoms with Crippen LogP contribution in [0.3, 0.4) is 0 Å². The van der Waals surface area contributed by atoms with E-state index in [0.29, 0.717) is 5.56 Å². The Labute approximate surface area is 221 Å². The number of benzene rings is 4. The number of carbonyl (C=O) groups is 1. The average Bonchev–Trinajstić information content (AvgIpc) is 2.98. The van der Waals surface area contributed by atoms with Gasteiger partial charge in [0.25, 0.3) is 0 Å². The molecule has 5 heteroatoms. The van der Waals surface area contributed by atoms with E-state index in [1.165, 1.54) is 6.08 Å². The Hall–Kier alpha value is -5.47. The molecule has 38 heavy (non-hydrogen) atoms. The number of aliphatic carboxylic acids is 1. The number of para-hydroxylation sites is 2. The van der Waals surface area contributed by atoms with Crippen molar-refractivity contribution in [1.82, 2.24) is 4.98 Å². The number of nitrogens with zero attached hydrogens (tertiary/aromatic N) is 3. The molecule has 0 saturated carbocycles. The maximum Gasteiger partial charge on any atom is 0.346 e. The lowest BCUT2D eigenvalue weighted by molar-refractivity contribution is -0.132. The summed E-state index contributed by atoms with van der Waals surface area (Å²) in [6.07, 6.45) is 2.87. The van der Waals surface area contributed by atoms with Crippen LogP contribution >= 0.6 is 0 Å². The van der Waals surface area contributed by atoms with Crippen molar-refractivity contribution < 1.29 is 9.90 Å². The Morgan fingerprint density at radius 3 is 1.66 bits per heavy atom. The van der Waals surface area contributed by atoms with E-state index < -0.39 is 5.97 Å². The number of carboxylic acid groups (broad SMARTS) is 1. The number of pyridine rings is 1. The molecule has 0 aliphatic heterocycles. The predicted molar refractivity (Wildman–Crippen MR) is 151 cm³/mol. The van der Waals surface area contributed by atoms with Crippen molar-refractivity contribution in [3.8, 4) is 28.5 Å². The molecule has 0 bridgehead atoms. The SMILES string of the molecule is N#C/C(=C\c1ccc(-c2ccc(-c3ccc(N(c4ccccc4)c4ccccc4)cc3)cc2)nc1)C(=O)O. The van der Waals surface area contributed by atoms with Gasteiger partial charge in [-0.15, -0.1) is 0 Å². The normalized spacial score (nSPS) is 11.0. The number of hydrogen-bond donors (Lipinski definition) is 1. The number of anilines is 3. The van der Waals surface area contributed by atoms with Crippen LogP contribution in [0.5, 0.6) is 0 Å². The van der Waals surface area contributed by atoms with Gasteiger partial charge in [-0.05, 0) is 65.2 Å². The van der Waals surface area contributed by atoms with Crippen molar-refractivity contribution in [2.24, 2.45) is 0 Å². The monoisotopic (exact) mass is 493 g/mol. The van der Waals surface area contributed by atoms with Crippen LogP contribution in [0, 0.1) is 11.3 Å². The second-order valence-electron chi connectivity index (χ2n) is 8.58. The first-order valence-electron chi connectivity index (χ1n) is 12.0. The third kappa shape index (κ3) is 5.35. The quantitative estimate of drug-likeness (QED) is 0.184. The molecule has 5 rings (SSSR count). The number of aromatic nitrogens is 1. The minimum Gasteiger partial charge on any atom is -0.477 e. The number of nitriles is 1. The summed E-state index contributed by atoms with van der Waals surface area (Å²) < 4.78 is 0. The Balaban J connectivity index is 1.37. The summed E-state index contributed by atoms with van der Waals surface area (Å²) in [5, 5.41) is 18.0. The van der Waals surface area contributed by atoms with Crippen LogP contribution in [-0.4, -0.2) is 16.1 Å². The van der Waals surface area contributed by atoms with Crippen molar-refractivity contribution >= 4 is 29.1 Å². The Bertz CT molecular complexity index is 1560. The lowest BCUT2D eigenvalue weighted by atomic mass is 10.0. The van der Waals surface area contributed by atoms with E-state index in [4.69, 9.17) is 10.4 Å². The first kappa shape index (κ1) is 24.2.